The highest BCUT2D eigenvalue weighted by Crippen LogP contribution is 2.50. The van der Waals surface area contributed by atoms with Crippen LogP contribution in [0.5, 0.6) is 0 Å². The third-order valence-corrected chi connectivity index (χ3v) is 3.49. The molecule has 0 spiro atoms. The molecule has 14 heavy (non-hydrogen) atoms. The quantitative estimate of drug-likeness (QED) is 0.705. The van der Waals surface area contributed by atoms with Gasteiger partial charge in [-0.2, -0.15) is 0 Å². The average molecular weight is 197 g/mol. The molecule has 0 aliphatic heterocycles. The first-order valence-electron chi connectivity index (χ1n) is 5.61. The van der Waals surface area contributed by atoms with E-state index >= 15 is 0 Å². The molecule has 0 radical (unpaired) electrons. The monoisotopic (exact) mass is 197 g/mol. The minimum atomic E-state index is -0.630. The Labute approximate surface area is 85.1 Å². The van der Waals surface area contributed by atoms with E-state index in [-0.39, 0.29) is 5.41 Å². The van der Waals surface area contributed by atoms with Crippen LogP contribution in [0.3, 0.4) is 0 Å². The topological polar surface area (TPSA) is 40.5 Å². The minimum Gasteiger partial charge on any atom is -0.481 e. The summed E-state index contributed by atoms with van der Waals surface area (Å²) in [5.41, 5.74) is 0.143. The molecule has 2 fully saturated rings. The van der Waals surface area contributed by atoms with Crippen LogP contribution in [0.25, 0.3) is 0 Å². The van der Waals surface area contributed by atoms with Gasteiger partial charge in [-0.25, -0.2) is 0 Å². The number of carbonyl (C=O) groups is 1. The summed E-state index contributed by atoms with van der Waals surface area (Å²) in [6.07, 6.45) is 5.23. The first-order valence-corrected chi connectivity index (χ1v) is 5.61. The van der Waals surface area contributed by atoms with Crippen molar-refractivity contribution in [1.82, 2.24) is 4.90 Å². The summed E-state index contributed by atoms with van der Waals surface area (Å²) >= 11 is 0. The van der Waals surface area contributed by atoms with E-state index in [4.69, 9.17) is 5.11 Å². The van der Waals surface area contributed by atoms with Gasteiger partial charge in [0.15, 0.2) is 0 Å². The number of nitrogens with zero attached hydrogens (tertiary/aromatic N) is 1. The Morgan fingerprint density at radius 1 is 1.50 bits per heavy atom. The number of carboxylic acid groups (broad SMARTS) is 1. The van der Waals surface area contributed by atoms with Gasteiger partial charge in [-0.1, -0.05) is 6.92 Å². The molecule has 0 amide bonds. The van der Waals surface area contributed by atoms with E-state index in [2.05, 4.69) is 11.8 Å². The Morgan fingerprint density at radius 2 is 2.14 bits per heavy atom. The van der Waals surface area contributed by atoms with Gasteiger partial charge in [-0.3, -0.25) is 4.79 Å². The summed E-state index contributed by atoms with van der Waals surface area (Å²) in [6.45, 7) is 4.27. The highest BCUT2D eigenvalue weighted by molar-refractivity contribution is 5.68. The van der Waals surface area contributed by atoms with Crippen molar-refractivity contribution in [2.75, 3.05) is 13.1 Å². The zero-order chi connectivity index (χ0) is 10.2. The van der Waals surface area contributed by atoms with E-state index in [1.54, 1.807) is 0 Å². The van der Waals surface area contributed by atoms with Gasteiger partial charge in [0.1, 0.15) is 0 Å². The summed E-state index contributed by atoms with van der Waals surface area (Å²) in [4.78, 5) is 13.2. The van der Waals surface area contributed by atoms with Crippen molar-refractivity contribution >= 4 is 5.97 Å². The van der Waals surface area contributed by atoms with Crippen LogP contribution in [0.1, 0.15) is 39.0 Å². The number of aliphatic carboxylic acids is 1. The molecule has 0 atom stereocenters. The lowest BCUT2D eigenvalue weighted by Crippen LogP contribution is -2.33. The Bertz CT molecular complexity index is 231. The second-order valence-electron chi connectivity index (χ2n) is 4.86. The van der Waals surface area contributed by atoms with Crippen molar-refractivity contribution in [3.05, 3.63) is 0 Å². The van der Waals surface area contributed by atoms with E-state index in [9.17, 15) is 4.79 Å². The smallest absolute Gasteiger partial charge is 0.303 e. The van der Waals surface area contributed by atoms with Crippen molar-refractivity contribution in [1.29, 1.82) is 0 Å². The van der Waals surface area contributed by atoms with Crippen molar-refractivity contribution < 1.29 is 9.90 Å². The highest BCUT2D eigenvalue weighted by atomic mass is 16.4. The Balaban J connectivity index is 1.85. The second kappa shape index (κ2) is 3.54. The van der Waals surface area contributed by atoms with Gasteiger partial charge in [0.25, 0.3) is 0 Å². The van der Waals surface area contributed by atoms with Crippen LogP contribution in [0, 0.1) is 5.41 Å². The lowest BCUT2D eigenvalue weighted by atomic mass is 10.0. The molecule has 3 nitrogen and oxygen atoms in total. The Kier molecular flexibility index (Phi) is 2.52. The van der Waals surface area contributed by atoms with Crippen molar-refractivity contribution in [3.63, 3.8) is 0 Å². The van der Waals surface area contributed by atoms with Gasteiger partial charge in [0.2, 0.25) is 0 Å². The number of hydrogen-bond donors (Lipinski definition) is 1. The SMILES string of the molecule is CCN(CC1(CC(=O)O)CC1)C1CC1. The lowest BCUT2D eigenvalue weighted by Gasteiger charge is -2.25. The van der Waals surface area contributed by atoms with Crippen LogP contribution < -0.4 is 0 Å². The summed E-state index contributed by atoms with van der Waals surface area (Å²) in [6, 6.07) is 0.770. The zero-order valence-electron chi connectivity index (χ0n) is 8.83. The Hall–Kier alpha value is -0.570. The van der Waals surface area contributed by atoms with Crippen molar-refractivity contribution in [3.8, 4) is 0 Å². The predicted molar refractivity (Wildman–Crippen MR) is 54.2 cm³/mol. The fourth-order valence-electron chi connectivity index (χ4n) is 2.26. The summed E-state index contributed by atoms with van der Waals surface area (Å²) in [5.74, 6) is -0.630. The van der Waals surface area contributed by atoms with Gasteiger partial charge in [0.05, 0.1) is 6.42 Å². The molecule has 2 aliphatic rings. The first-order chi connectivity index (χ1) is 6.65. The molecule has 80 valence electrons. The predicted octanol–water partition coefficient (Wildman–Crippen LogP) is 1.73. The molecule has 0 aromatic heterocycles. The van der Waals surface area contributed by atoms with E-state index < -0.39 is 5.97 Å². The second-order valence-corrected chi connectivity index (χ2v) is 4.86. The largest absolute Gasteiger partial charge is 0.481 e. The first kappa shape index (κ1) is 9.97. The Morgan fingerprint density at radius 3 is 2.50 bits per heavy atom. The average Bonchev–Trinajstić information content (AvgIpc) is 2.93. The maximum Gasteiger partial charge on any atom is 0.303 e. The summed E-state index contributed by atoms with van der Waals surface area (Å²) in [7, 11) is 0. The molecule has 0 heterocycles. The van der Waals surface area contributed by atoms with Crippen LogP contribution in [0.15, 0.2) is 0 Å². The zero-order valence-corrected chi connectivity index (χ0v) is 8.83. The molecule has 2 rings (SSSR count). The number of hydrogen-bond acceptors (Lipinski definition) is 2. The molecule has 2 saturated carbocycles. The minimum absolute atomic E-state index is 0.143. The molecule has 2 aliphatic carbocycles. The van der Waals surface area contributed by atoms with E-state index in [0.717, 1.165) is 32.0 Å². The molecular weight excluding hydrogens is 178 g/mol. The molecular formula is C11H19NO2. The fraction of sp³-hybridized carbons (Fsp3) is 0.909. The third-order valence-electron chi connectivity index (χ3n) is 3.49. The molecule has 3 heteroatoms. The van der Waals surface area contributed by atoms with Crippen LogP contribution in [0.4, 0.5) is 0 Å². The van der Waals surface area contributed by atoms with Gasteiger partial charge in [-0.05, 0) is 37.6 Å². The van der Waals surface area contributed by atoms with Crippen molar-refractivity contribution in [2.45, 2.75) is 45.1 Å². The normalized spacial score (nSPS) is 23.9. The van der Waals surface area contributed by atoms with Crippen LogP contribution in [-0.2, 0) is 4.79 Å². The molecule has 0 saturated heterocycles. The lowest BCUT2D eigenvalue weighted by molar-refractivity contribution is -0.138. The van der Waals surface area contributed by atoms with Gasteiger partial charge >= 0.3 is 5.97 Å². The maximum atomic E-state index is 10.7. The number of carboxylic acids is 1. The van der Waals surface area contributed by atoms with Gasteiger partial charge in [-0.15, -0.1) is 0 Å². The molecule has 1 N–H and O–H groups in total. The van der Waals surface area contributed by atoms with Crippen molar-refractivity contribution in [2.24, 2.45) is 5.41 Å². The van der Waals surface area contributed by atoms with Crippen LogP contribution in [0.2, 0.25) is 0 Å². The van der Waals surface area contributed by atoms with E-state index in [1.807, 2.05) is 0 Å². The molecule has 0 aromatic rings. The van der Waals surface area contributed by atoms with Gasteiger partial charge in [0, 0.05) is 12.6 Å². The third kappa shape index (κ3) is 2.27. The summed E-state index contributed by atoms with van der Waals surface area (Å²) < 4.78 is 0. The highest BCUT2D eigenvalue weighted by Gasteiger charge is 2.47. The maximum absolute atomic E-state index is 10.7. The fourth-order valence-corrected chi connectivity index (χ4v) is 2.26. The van der Waals surface area contributed by atoms with E-state index in [0.29, 0.717) is 6.42 Å². The standard InChI is InChI=1S/C11H19NO2/c1-2-12(9-3-4-9)8-11(5-6-11)7-10(13)14/h9H,2-8H2,1H3,(H,13,14). The molecule has 0 unspecified atom stereocenters. The summed E-state index contributed by atoms with van der Waals surface area (Å²) in [5, 5.41) is 8.81. The van der Waals surface area contributed by atoms with Crippen LogP contribution in [-0.4, -0.2) is 35.1 Å². The number of rotatable bonds is 6. The van der Waals surface area contributed by atoms with E-state index in [1.165, 1.54) is 12.8 Å². The van der Waals surface area contributed by atoms with Crippen LogP contribution >= 0.6 is 0 Å². The molecule has 0 bridgehead atoms. The van der Waals surface area contributed by atoms with Gasteiger partial charge < -0.3 is 10.0 Å². The molecule has 0 aromatic carbocycles.